The maximum Gasteiger partial charge on any atom is 0.251 e. The lowest BCUT2D eigenvalue weighted by Crippen LogP contribution is -2.45. The Balaban J connectivity index is 1.85. The first-order chi connectivity index (χ1) is 8.22. The molecule has 1 saturated carbocycles. The Bertz CT molecular complexity index is 446. The van der Waals surface area contributed by atoms with Gasteiger partial charge in [-0.2, -0.15) is 0 Å². The van der Waals surface area contributed by atoms with E-state index in [0.717, 1.165) is 40.8 Å². The van der Waals surface area contributed by atoms with Crippen molar-refractivity contribution in [3.8, 4) is 11.5 Å². The summed E-state index contributed by atoms with van der Waals surface area (Å²) in [7, 11) is 0. The molecule has 1 spiro atoms. The van der Waals surface area contributed by atoms with Crippen molar-refractivity contribution in [2.24, 2.45) is 5.90 Å². The highest BCUT2D eigenvalue weighted by Crippen LogP contribution is 2.49. The molecule has 1 fully saturated rings. The minimum atomic E-state index is -0.370. The molecule has 1 aliphatic carbocycles. The molecule has 4 nitrogen and oxygen atoms in total. The molecule has 0 saturated heterocycles. The number of rotatable bonds is 3. The SMILES string of the molecule is NOCCc1cc2c(cc1Br)OC1(CCC1)O2. The Hall–Kier alpha value is -0.780. The van der Waals surface area contributed by atoms with Gasteiger partial charge < -0.3 is 14.3 Å². The molecule has 0 unspecified atom stereocenters. The van der Waals surface area contributed by atoms with Crippen LogP contribution in [0.2, 0.25) is 0 Å². The van der Waals surface area contributed by atoms with Crippen molar-refractivity contribution in [3.63, 3.8) is 0 Å². The van der Waals surface area contributed by atoms with E-state index in [1.54, 1.807) is 0 Å². The zero-order valence-electron chi connectivity index (χ0n) is 9.37. The highest BCUT2D eigenvalue weighted by molar-refractivity contribution is 9.10. The van der Waals surface area contributed by atoms with Gasteiger partial charge >= 0.3 is 0 Å². The minimum Gasteiger partial charge on any atom is -0.448 e. The number of halogens is 1. The van der Waals surface area contributed by atoms with Crippen molar-refractivity contribution in [3.05, 3.63) is 22.2 Å². The standard InChI is InChI=1S/C12H14BrNO3/c13-9-7-11-10(6-8(9)2-5-15-14)16-12(17-11)3-1-4-12/h6-7H,1-5,14H2. The molecule has 0 radical (unpaired) electrons. The predicted octanol–water partition coefficient (Wildman–Crippen LogP) is 2.53. The number of ether oxygens (including phenoxy) is 2. The van der Waals surface area contributed by atoms with Crippen LogP contribution >= 0.6 is 15.9 Å². The Kier molecular flexibility index (Phi) is 2.77. The van der Waals surface area contributed by atoms with Gasteiger partial charge in [0.1, 0.15) is 0 Å². The summed E-state index contributed by atoms with van der Waals surface area (Å²) in [6, 6.07) is 3.97. The monoisotopic (exact) mass is 299 g/mol. The molecule has 92 valence electrons. The van der Waals surface area contributed by atoms with Crippen LogP contribution in [0.4, 0.5) is 0 Å². The van der Waals surface area contributed by atoms with E-state index in [1.807, 2.05) is 12.1 Å². The second-order valence-corrected chi connectivity index (χ2v) is 5.33. The number of hydrogen-bond acceptors (Lipinski definition) is 4. The molecule has 1 aliphatic heterocycles. The van der Waals surface area contributed by atoms with Gasteiger partial charge in [0.2, 0.25) is 0 Å². The number of fused-ring (bicyclic) bond motifs is 1. The third-order valence-electron chi connectivity index (χ3n) is 3.31. The topological polar surface area (TPSA) is 53.7 Å². The first-order valence-electron chi connectivity index (χ1n) is 5.75. The summed E-state index contributed by atoms with van der Waals surface area (Å²) in [5, 5.41) is 0. The van der Waals surface area contributed by atoms with E-state index in [-0.39, 0.29) is 5.79 Å². The van der Waals surface area contributed by atoms with E-state index in [4.69, 9.17) is 15.4 Å². The molecular weight excluding hydrogens is 286 g/mol. The van der Waals surface area contributed by atoms with Gasteiger partial charge in [0.05, 0.1) is 6.61 Å². The normalized spacial score (nSPS) is 19.4. The van der Waals surface area contributed by atoms with Gasteiger partial charge in [-0.1, -0.05) is 15.9 Å². The quantitative estimate of drug-likeness (QED) is 0.872. The van der Waals surface area contributed by atoms with Crippen LogP contribution in [0.15, 0.2) is 16.6 Å². The molecule has 2 N–H and O–H groups in total. The average Bonchev–Trinajstić information content (AvgIpc) is 2.64. The lowest BCUT2D eigenvalue weighted by atomic mass is 9.91. The van der Waals surface area contributed by atoms with Gasteiger partial charge in [0.25, 0.3) is 5.79 Å². The molecule has 1 heterocycles. The second kappa shape index (κ2) is 4.15. The van der Waals surface area contributed by atoms with Crippen molar-refractivity contribution in [1.82, 2.24) is 0 Å². The van der Waals surface area contributed by atoms with Gasteiger partial charge in [-0.15, -0.1) is 0 Å². The number of nitrogens with two attached hydrogens (primary N) is 1. The van der Waals surface area contributed by atoms with Crippen LogP contribution in [0.25, 0.3) is 0 Å². The Morgan fingerprint density at radius 3 is 2.59 bits per heavy atom. The molecule has 0 aromatic heterocycles. The first kappa shape index (κ1) is 11.3. The van der Waals surface area contributed by atoms with Crippen molar-refractivity contribution in [1.29, 1.82) is 0 Å². The van der Waals surface area contributed by atoms with Gasteiger partial charge in [-0.3, -0.25) is 0 Å². The molecular formula is C12H14BrNO3. The van der Waals surface area contributed by atoms with E-state index >= 15 is 0 Å². The largest absolute Gasteiger partial charge is 0.448 e. The van der Waals surface area contributed by atoms with Crippen molar-refractivity contribution < 1.29 is 14.3 Å². The molecule has 3 rings (SSSR count). The zero-order chi connectivity index (χ0) is 11.9. The third kappa shape index (κ3) is 1.92. The van der Waals surface area contributed by atoms with Crippen LogP contribution in [-0.2, 0) is 11.3 Å². The lowest BCUT2D eigenvalue weighted by molar-refractivity contribution is -0.138. The molecule has 0 atom stereocenters. The smallest absolute Gasteiger partial charge is 0.251 e. The van der Waals surface area contributed by atoms with E-state index < -0.39 is 0 Å². The van der Waals surface area contributed by atoms with Crippen molar-refractivity contribution in [2.45, 2.75) is 31.5 Å². The highest BCUT2D eigenvalue weighted by Gasteiger charge is 2.47. The van der Waals surface area contributed by atoms with E-state index in [0.29, 0.717) is 6.61 Å². The van der Waals surface area contributed by atoms with Gasteiger partial charge in [-0.05, 0) is 30.5 Å². The van der Waals surface area contributed by atoms with E-state index in [1.165, 1.54) is 6.42 Å². The molecule has 17 heavy (non-hydrogen) atoms. The maximum absolute atomic E-state index is 5.89. The molecule has 0 amide bonds. The Morgan fingerprint density at radius 1 is 1.29 bits per heavy atom. The van der Waals surface area contributed by atoms with Crippen LogP contribution in [0.1, 0.15) is 24.8 Å². The Morgan fingerprint density at radius 2 is 2.00 bits per heavy atom. The van der Waals surface area contributed by atoms with Crippen LogP contribution < -0.4 is 15.4 Å². The zero-order valence-corrected chi connectivity index (χ0v) is 11.0. The third-order valence-corrected chi connectivity index (χ3v) is 4.05. The summed E-state index contributed by atoms with van der Waals surface area (Å²) in [5.74, 6) is 6.33. The molecule has 2 aliphatic rings. The molecule has 5 heteroatoms. The van der Waals surface area contributed by atoms with E-state index in [9.17, 15) is 0 Å². The second-order valence-electron chi connectivity index (χ2n) is 4.48. The van der Waals surface area contributed by atoms with Gasteiger partial charge in [-0.25, -0.2) is 5.90 Å². The van der Waals surface area contributed by atoms with Crippen molar-refractivity contribution >= 4 is 15.9 Å². The summed E-state index contributed by atoms with van der Waals surface area (Å²) >= 11 is 3.53. The highest BCUT2D eigenvalue weighted by atomic mass is 79.9. The first-order valence-corrected chi connectivity index (χ1v) is 6.54. The summed E-state index contributed by atoms with van der Waals surface area (Å²) in [4.78, 5) is 4.60. The fourth-order valence-corrected chi connectivity index (χ4v) is 2.71. The number of hydrogen-bond donors (Lipinski definition) is 1. The fraction of sp³-hybridized carbons (Fsp3) is 0.500. The summed E-state index contributed by atoms with van der Waals surface area (Å²) < 4.78 is 12.8. The van der Waals surface area contributed by atoms with Crippen LogP contribution in [0.5, 0.6) is 11.5 Å². The van der Waals surface area contributed by atoms with E-state index in [2.05, 4.69) is 20.8 Å². The van der Waals surface area contributed by atoms with Gasteiger partial charge in [0.15, 0.2) is 11.5 Å². The minimum absolute atomic E-state index is 0.370. The van der Waals surface area contributed by atoms with Gasteiger partial charge in [0, 0.05) is 17.3 Å². The lowest BCUT2D eigenvalue weighted by Gasteiger charge is -2.35. The summed E-state index contributed by atoms with van der Waals surface area (Å²) in [6.07, 6.45) is 3.87. The molecule has 1 aromatic rings. The Labute approximate surface area is 108 Å². The molecule has 0 bridgehead atoms. The number of benzene rings is 1. The summed E-state index contributed by atoms with van der Waals surface area (Å²) in [5.41, 5.74) is 1.12. The van der Waals surface area contributed by atoms with Crippen LogP contribution in [0, 0.1) is 0 Å². The fourth-order valence-electron chi connectivity index (χ4n) is 2.19. The van der Waals surface area contributed by atoms with Crippen molar-refractivity contribution in [2.75, 3.05) is 6.61 Å². The maximum atomic E-state index is 5.89. The van der Waals surface area contributed by atoms with Crippen LogP contribution in [0.3, 0.4) is 0 Å². The molecule has 1 aromatic carbocycles. The summed E-state index contributed by atoms with van der Waals surface area (Å²) in [6.45, 7) is 0.489. The predicted molar refractivity (Wildman–Crippen MR) is 65.8 cm³/mol. The average molecular weight is 300 g/mol. The van der Waals surface area contributed by atoms with Crippen LogP contribution in [-0.4, -0.2) is 12.4 Å².